The highest BCUT2D eigenvalue weighted by Gasteiger charge is 2.35. The Morgan fingerprint density at radius 3 is 2.47 bits per heavy atom. The molecule has 0 saturated heterocycles. The lowest BCUT2D eigenvalue weighted by Gasteiger charge is -2.24. The second-order valence-corrected chi connectivity index (χ2v) is 5.87. The van der Waals surface area contributed by atoms with Gasteiger partial charge in [-0.25, -0.2) is 0 Å². The molecule has 1 aliphatic rings. The highest BCUT2D eigenvalue weighted by Crippen LogP contribution is 2.46. The van der Waals surface area contributed by atoms with E-state index in [1.165, 1.54) is 16.0 Å². The van der Waals surface area contributed by atoms with Gasteiger partial charge < -0.3 is 5.73 Å². The lowest BCUT2D eigenvalue weighted by molar-refractivity contribution is 0.646. The van der Waals surface area contributed by atoms with Crippen molar-refractivity contribution in [3.05, 3.63) is 65.7 Å². The summed E-state index contributed by atoms with van der Waals surface area (Å²) in [4.78, 5) is 0.990. The Hall–Kier alpha value is -1.25. The molecule has 1 unspecified atom stereocenters. The van der Waals surface area contributed by atoms with Gasteiger partial charge >= 0.3 is 0 Å². The lowest BCUT2D eigenvalue weighted by atomic mass is 10.1. The number of nitrogens with two attached hydrogens (primary N) is 1. The van der Waals surface area contributed by atoms with E-state index < -0.39 is 0 Å². The maximum Gasteiger partial charge on any atom is 0.0928 e. The SMILES string of the molecule is NC1(Sc2ccccc2)CCc2ccccc21. The Kier molecular flexibility index (Phi) is 2.69. The van der Waals surface area contributed by atoms with E-state index >= 15 is 0 Å². The molecule has 17 heavy (non-hydrogen) atoms. The van der Waals surface area contributed by atoms with Crippen LogP contribution in [0.1, 0.15) is 17.5 Å². The number of benzene rings is 2. The molecule has 0 heterocycles. The molecule has 0 fully saturated rings. The molecule has 2 N–H and O–H groups in total. The molecule has 0 saturated carbocycles. The summed E-state index contributed by atoms with van der Waals surface area (Å²) >= 11 is 1.77. The van der Waals surface area contributed by atoms with Crippen molar-refractivity contribution in [2.45, 2.75) is 22.6 Å². The van der Waals surface area contributed by atoms with Gasteiger partial charge in [-0.1, -0.05) is 54.2 Å². The van der Waals surface area contributed by atoms with Crippen molar-refractivity contribution in [3.63, 3.8) is 0 Å². The average molecular weight is 241 g/mol. The first kappa shape index (κ1) is 10.9. The fourth-order valence-corrected chi connectivity index (χ4v) is 3.64. The van der Waals surface area contributed by atoms with Crippen LogP contribution in [0.3, 0.4) is 0 Å². The van der Waals surface area contributed by atoms with Crippen molar-refractivity contribution < 1.29 is 0 Å². The van der Waals surface area contributed by atoms with E-state index in [4.69, 9.17) is 5.73 Å². The van der Waals surface area contributed by atoms with Gasteiger partial charge in [-0.3, -0.25) is 0 Å². The highest BCUT2D eigenvalue weighted by atomic mass is 32.2. The van der Waals surface area contributed by atoms with Crippen LogP contribution in [0.5, 0.6) is 0 Å². The normalized spacial score (nSPS) is 22.4. The Morgan fingerprint density at radius 1 is 0.941 bits per heavy atom. The van der Waals surface area contributed by atoms with Crippen molar-refractivity contribution in [1.29, 1.82) is 0 Å². The summed E-state index contributed by atoms with van der Waals surface area (Å²) in [5.74, 6) is 0. The zero-order valence-corrected chi connectivity index (χ0v) is 10.4. The number of hydrogen-bond donors (Lipinski definition) is 1. The summed E-state index contributed by atoms with van der Waals surface area (Å²) in [5, 5.41) is 0. The third-order valence-corrected chi connectivity index (χ3v) is 4.58. The van der Waals surface area contributed by atoms with Crippen molar-refractivity contribution in [1.82, 2.24) is 0 Å². The Morgan fingerprint density at radius 2 is 1.65 bits per heavy atom. The largest absolute Gasteiger partial charge is 0.313 e. The smallest absolute Gasteiger partial charge is 0.0928 e. The van der Waals surface area contributed by atoms with Crippen LogP contribution in [0, 0.1) is 0 Å². The minimum Gasteiger partial charge on any atom is -0.313 e. The van der Waals surface area contributed by atoms with E-state index in [2.05, 4.69) is 48.5 Å². The summed E-state index contributed by atoms with van der Waals surface area (Å²) in [6.45, 7) is 0. The molecule has 0 spiro atoms. The van der Waals surface area contributed by atoms with E-state index in [0.29, 0.717) is 0 Å². The summed E-state index contributed by atoms with van der Waals surface area (Å²) in [5.41, 5.74) is 9.27. The first-order valence-electron chi connectivity index (χ1n) is 5.89. The van der Waals surface area contributed by atoms with Crippen LogP contribution in [-0.4, -0.2) is 0 Å². The quantitative estimate of drug-likeness (QED) is 0.814. The van der Waals surface area contributed by atoms with Gasteiger partial charge in [0.05, 0.1) is 4.87 Å². The van der Waals surface area contributed by atoms with Gasteiger partial charge in [0.2, 0.25) is 0 Å². The van der Waals surface area contributed by atoms with Gasteiger partial charge in [-0.2, -0.15) is 0 Å². The Balaban J connectivity index is 1.94. The van der Waals surface area contributed by atoms with Crippen molar-refractivity contribution in [3.8, 4) is 0 Å². The number of aryl methyl sites for hydroxylation is 1. The van der Waals surface area contributed by atoms with Gasteiger partial charge in [-0.05, 0) is 36.1 Å². The lowest BCUT2D eigenvalue weighted by Crippen LogP contribution is -2.29. The highest BCUT2D eigenvalue weighted by molar-refractivity contribution is 8.00. The summed E-state index contributed by atoms with van der Waals surface area (Å²) < 4.78 is 0. The minimum absolute atomic E-state index is 0.252. The third-order valence-electron chi connectivity index (χ3n) is 3.28. The maximum atomic E-state index is 6.57. The molecule has 3 rings (SSSR count). The third kappa shape index (κ3) is 1.99. The van der Waals surface area contributed by atoms with Gasteiger partial charge in [0.15, 0.2) is 0 Å². The molecular weight excluding hydrogens is 226 g/mol. The molecule has 0 amide bonds. The standard InChI is InChI=1S/C15H15NS/c16-15(17-13-7-2-1-3-8-13)11-10-12-6-4-5-9-14(12)15/h1-9H,10-11,16H2. The molecule has 0 aromatic heterocycles. The second kappa shape index (κ2) is 4.21. The number of fused-ring (bicyclic) bond motifs is 1. The van der Waals surface area contributed by atoms with Gasteiger partial charge in [0.1, 0.15) is 0 Å². The predicted molar refractivity (Wildman–Crippen MR) is 72.9 cm³/mol. The van der Waals surface area contributed by atoms with Crippen LogP contribution >= 0.6 is 11.8 Å². The molecule has 1 atom stereocenters. The number of thioether (sulfide) groups is 1. The molecule has 0 aliphatic heterocycles. The molecular formula is C15H15NS. The van der Waals surface area contributed by atoms with Gasteiger partial charge in [0, 0.05) is 4.90 Å². The van der Waals surface area contributed by atoms with Gasteiger partial charge in [-0.15, -0.1) is 0 Å². The van der Waals surface area contributed by atoms with Crippen LogP contribution in [0.2, 0.25) is 0 Å². The van der Waals surface area contributed by atoms with Crippen LogP contribution < -0.4 is 5.73 Å². The summed E-state index contributed by atoms with van der Waals surface area (Å²) in [7, 11) is 0. The molecule has 1 nitrogen and oxygen atoms in total. The van der Waals surface area contributed by atoms with Gasteiger partial charge in [0.25, 0.3) is 0 Å². The second-order valence-electron chi connectivity index (χ2n) is 4.46. The van der Waals surface area contributed by atoms with E-state index in [-0.39, 0.29) is 4.87 Å². The number of rotatable bonds is 2. The summed E-state index contributed by atoms with van der Waals surface area (Å²) in [6.07, 6.45) is 2.11. The fourth-order valence-electron chi connectivity index (χ4n) is 2.41. The Bertz CT molecular complexity index is 523. The topological polar surface area (TPSA) is 26.0 Å². The van der Waals surface area contributed by atoms with Crippen LogP contribution in [0.15, 0.2) is 59.5 Å². The maximum absolute atomic E-state index is 6.57. The first-order valence-corrected chi connectivity index (χ1v) is 6.71. The molecule has 1 aliphatic carbocycles. The zero-order chi connectivity index (χ0) is 11.7. The summed E-state index contributed by atoms with van der Waals surface area (Å²) in [6, 6.07) is 18.9. The van der Waals surface area contributed by atoms with Crippen molar-refractivity contribution >= 4 is 11.8 Å². The van der Waals surface area contributed by atoms with E-state index in [9.17, 15) is 0 Å². The Labute approximate surface area is 106 Å². The molecule has 0 bridgehead atoms. The molecule has 2 aromatic carbocycles. The molecule has 0 radical (unpaired) electrons. The fraction of sp³-hybridized carbons (Fsp3) is 0.200. The first-order chi connectivity index (χ1) is 8.28. The van der Waals surface area contributed by atoms with Crippen LogP contribution in [-0.2, 0) is 11.3 Å². The van der Waals surface area contributed by atoms with Crippen molar-refractivity contribution in [2.75, 3.05) is 0 Å². The van der Waals surface area contributed by atoms with E-state index in [1.54, 1.807) is 11.8 Å². The molecule has 2 aromatic rings. The number of hydrogen-bond acceptors (Lipinski definition) is 2. The minimum atomic E-state index is -0.252. The zero-order valence-electron chi connectivity index (χ0n) is 9.60. The van der Waals surface area contributed by atoms with E-state index in [1.807, 2.05) is 6.07 Å². The molecule has 2 heteroatoms. The molecule has 86 valence electrons. The van der Waals surface area contributed by atoms with Crippen molar-refractivity contribution in [2.24, 2.45) is 5.73 Å². The predicted octanol–water partition coefficient (Wildman–Crippen LogP) is 3.54. The van der Waals surface area contributed by atoms with Crippen LogP contribution in [0.4, 0.5) is 0 Å². The monoisotopic (exact) mass is 241 g/mol. The average Bonchev–Trinajstić information content (AvgIpc) is 2.69. The van der Waals surface area contributed by atoms with E-state index in [0.717, 1.165) is 12.8 Å². The van der Waals surface area contributed by atoms with Crippen LogP contribution in [0.25, 0.3) is 0 Å².